The van der Waals surface area contributed by atoms with Gasteiger partial charge in [-0.3, -0.25) is 14.6 Å². The molecule has 1 atom stereocenters. The average molecular weight is 647 g/mol. The van der Waals surface area contributed by atoms with Gasteiger partial charge < -0.3 is 20.0 Å². The first kappa shape index (κ1) is 31.0. The van der Waals surface area contributed by atoms with E-state index in [1.165, 1.54) is 5.56 Å². The van der Waals surface area contributed by atoms with Crippen molar-refractivity contribution in [3.63, 3.8) is 0 Å². The van der Waals surface area contributed by atoms with Crippen molar-refractivity contribution >= 4 is 56.8 Å². The predicted molar refractivity (Wildman–Crippen MR) is 179 cm³/mol. The van der Waals surface area contributed by atoms with Gasteiger partial charge in [0.1, 0.15) is 5.75 Å². The minimum atomic E-state index is -0.310. The van der Waals surface area contributed by atoms with Crippen LogP contribution in [0.2, 0.25) is 10.0 Å². The highest BCUT2D eigenvalue weighted by atomic mass is 35.5. The fourth-order valence-electron chi connectivity index (χ4n) is 6.75. The second kappa shape index (κ2) is 13.2. The van der Waals surface area contributed by atoms with Crippen LogP contribution in [0.5, 0.6) is 5.75 Å². The van der Waals surface area contributed by atoms with E-state index in [2.05, 4.69) is 21.0 Å². The number of rotatable bonds is 9. The number of aromatic nitrogens is 2. The van der Waals surface area contributed by atoms with Crippen LogP contribution >= 0.6 is 23.2 Å². The third-order valence-corrected chi connectivity index (χ3v) is 9.69. The zero-order chi connectivity index (χ0) is 31.7. The van der Waals surface area contributed by atoms with Crippen molar-refractivity contribution in [1.82, 2.24) is 24.9 Å². The van der Waals surface area contributed by atoms with Crippen LogP contribution in [-0.2, 0) is 22.6 Å². The zero-order valence-corrected chi connectivity index (χ0v) is 26.9. The highest BCUT2D eigenvalue weighted by Gasteiger charge is 2.34. The van der Waals surface area contributed by atoms with Crippen LogP contribution in [0, 0.1) is 0 Å². The van der Waals surface area contributed by atoms with E-state index in [-0.39, 0.29) is 23.6 Å². The Morgan fingerprint density at radius 2 is 1.64 bits per heavy atom. The maximum absolute atomic E-state index is 13.5. The van der Waals surface area contributed by atoms with Gasteiger partial charge in [0, 0.05) is 74.2 Å². The molecule has 45 heavy (non-hydrogen) atoms. The Hall–Kier alpha value is -3.98. The third kappa shape index (κ3) is 6.69. The molecular formula is C35H37Cl2N5O3. The number of carbonyl (C=O) groups is 2. The lowest BCUT2D eigenvalue weighted by atomic mass is 9.89. The second-order valence-corrected chi connectivity index (χ2v) is 12.7. The van der Waals surface area contributed by atoms with Gasteiger partial charge in [-0.2, -0.15) is 0 Å². The molecule has 0 aliphatic carbocycles. The number of amides is 2. The van der Waals surface area contributed by atoms with Crippen molar-refractivity contribution in [2.75, 3.05) is 19.6 Å². The van der Waals surface area contributed by atoms with E-state index >= 15 is 0 Å². The lowest BCUT2D eigenvalue weighted by Crippen LogP contribution is -2.57. The minimum absolute atomic E-state index is 0.0617. The summed E-state index contributed by atoms with van der Waals surface area (Å²) >= 11 is 12.5. The first-order chi connectivity index (χ1) is 21.7. The fraction of sp³-hybridized carbons (Fsp3) is 0.314. The molecule has 1 saturated heterocycles. The summed E-state index contributed by atoms with van der Waals surface area (Å²) in [5.74, 6) is 0.392. The lowest BCUT2D eigenvalue weighted by Gasteiger charge is -2.44. The van der Waals surface area contributed by atoms with Crippen LogP contribution in [0.25, 0.3) is 21.8 Å². The summed E-state index contributed by atoms with van der Waals surface area (Å²) < 4.78 is 0. The molecule has 0 spiro atoms. The Morgan fingerprint density at radius 1 is 0.911 bits per heavy atom. The fourth-order valence-corrected chi connectivity index (χ4v) is 7.07. The van der Waals surface area contributed by atoms with Crippen LogP contribution in [-0.4, -0.2) is 67.5 Å². The average Bonchev–Trinajstić information content (AvgIpc) is 3.63. The number of nitrogens with zero attached hydrogens (tertiary/aromatic N) is 3. The molecule has 5 aromatic rings. The number of phenols is 1. The first-order valence-corrected chi connectivity index (χ1v) is 16.0. The Bertz CT molecular complexity index is 1840. The van der Waals surface area contributed by atoms with E-state index in [0.29, 0.717) is 48.6 Å². The van der Waals surface area contributed by atoms with Crippen molar-refractivity contribution in [2.24, 2.45) is 0 Å². The number of fused-ring (bicyclic) bond motifs is 2. The van der Waals surface area contributed by atoms with Gasteiger partial charge in [-0.25, -0.2) is 5.01 Å². The van der Waals surface area contributed by atoms with E-state index in [4.69, 9.17) is 23.2 Å². The molecule has 0 bridgehead atoms. The molecule has 1 aliphatic heterocycles. The monoisotopic (exact) mass is 645 g/mol. The quantitative estimate of drug-likeness (QED) is 0.157. The number of halogens is 2. The number of piperidine rings is 1. The normalized spacial score (nSPS) is 15.0. The number of hydrazine groups is 1. The third-order valence-electron chi connectivity index (χ3n) is 8.95. The standard InChI is InChI=1S/C35H37Cl2N5O3/c1-22(43)40(20-24-7-9-32(36)33(37)15-24)21-27(16-26-18-38-34-6-4-3-5-29(26)34)42(23(2)44)41-13-11-25(12-14-41)31-19-39-35-10-8-28(45)17-30(31)35/h3-10,15,17-19,25,27,38-39,45H,11-14,16,20-21H2,1-2H3/t27-/m1/s1. The number of phenolic OH excluding ortho intramolecular Hbond substituents is 1. The van der Waals surface area contributed by atoms with Crippen molar-refractivity contribution < 1.29 is 14.7 Å². The van der Waals surface area contributed by atoms with Gasteiger partial charge in [0.25, 0.3) is 0 Å². The molecule has 3 heterocycles. The molecule has 10 heteroatoms. The largest absolute Gasteiger partial charge is 0.508 e. The van der Waals surface area contributed by atoms with Crippen LogP contribution in [0.4, 0.5) is 0 Å². The summed E-state index contributed by atoms with van der Waals surface area (Å²) in [5, 5.41) is 17.2. The van der Waals surface area contributed by atoms with E-state index in [1.807, 2.05) is 53.8 Å². The van der Waals surface area contributed by atoms with E-state index in [1.54, 1.807) is 36.9 Å². The van der Waals surface area contributed by atoms with E-state index in [0.717, 1.165) is 45.8 Å². The number of H-pyrrole nitrogens is 2. The van der Waals surface area contributed by atoms with Gasteiger partial charge in [-0.05, 0) is 78.3 Å². The number of carbonyl (C=O) groups excluding carboxylic acids is 2. The molecule has 2 aromatic heterocycles. The summed E-state index contributed by atoms with van der Waals surface area (Å²) in [6.45, 7) is 5.23. The number of hydrogen-bond acceptors (Lipinski definition) is 4. The summed E-state index contributed by atoms with van der Waals surface area (Å²) in [5.41, 5.74) is 5.18. The van der Waals surface area contributed by atoms with Crippen LogP contribution in [0.1, 0.15) is 49.3 Å². The predicted octanol–water partition coefficient (Wildman–Crippen LogP) is 7.26. The molecule has 3 N–H and O–H groups in total. The molecule has 234 valence electrons. The second-order valence-electron chi connectivity index (χ2n) is 11.9. The van der Waals surface area contributed by atoms with Gasteiger partial charge in [-0.15, -0.1) is 0 Å². The van der Waals surface area contributed by atoms with Gasteiger partial charge in [0.2, 0.25) is 11.8 Å². The maximum Gasteiger partial charge on any atom is 0.234 e. The van der Waals surface area contributed by atoms with Gasteiger partial charge in [0.15, 0.2) is 0 Å². The van der Waals surface area contributed by atoms with Crippen LogP contribution in [0.15, 0.2) is 73.1 Å². The number of aromatic amines is 2. The SMILES string of the molecule is CC(=O)N(Cc1ccc(Cl)c(Cl)c1)C[C@@H](Cc1c[nH]c2ccccc12)N(C(C)=O)N1CCC(c2c[nH]c3ccc(O)cc23)CC1. The number of benzene rings is 3. The number of hydrogen-bond donors (Lipinski definition) is 3. The molecule has 6 rings (SSSR count). The molecule has 3 aromatic carbocycles. The van der Waals surface area contributed by atoms with Crippen molar-refractivity contribution in [1.29, 1.82) is 0 Å². The Kier molecular flexibility index (Phi) is 9.08. The molecule has 1 fully saturated rings. The van der Waals surface area contributed by atoms with Crippen molar-refractivity contribution in [3.8, 4) is 5.75 Å². The summed E-state index contributed by atoms with van der Waals surface area (Å²) in [6.07, 6.45) is 6.32. The number of para-hydroxylation sites is 1. The summed E-state index contributed by atoms with van der Waals surface area (Å²) in [4.78, 5) is 35.0. The van der Waals surface area contributed by atoms with Crippen LogP contribution < -0.4 is 0 Å². The van der Waals surface area contributed by atoms with Gasteiger partial charge in [0.05, 0.1) is 16.1 Å². The topological polar surface area (TPSA) is 95.7 Å². The van der Waals surface area contributed by atoms with Gasteiger partial charge >= 0.3 is 0 Å². The zero-order valence-electron chi connectivity index (χ0n) is 25.4. The van der Waals surface area contributed by atoms with E-state index < -0.39 is 0 Å². The smallest absolute Gasteiger partial charge is 0.234 e. The molecule has 0 radical (unpaired) electrons. The minimum Gasteiger partial charge on any atom is -0.508 e. The van der Waals surface area contributed by atoms with Crippen LogP contribution in [0.3, 0.4) is 0 Å². The van der Waals surface area contributed by atoms with E-state index in [9.17, 15) is 14.7 Å². The molecule has 2 amide bonds. The maximum atomic E-state index is 13.5. The molecule has 0 saturated carbocycles. The molecule has 8 nitrogen and oxygen atoms in total. The highest BCUT2D eigenvalue weighted by Crippen LogP contribution is 2.35. The number of aromatic hydroxyl groups is 1. The Labute approximate surface area is 272 Å². The van der Waals surface area contributed by atoms with Crippen molar-refractivity contribution in [3.05, 3.63) is 99.8 Å². The number of nitrogens with one attached hydrogen (secondary N) is 2. The summed E-state index contributed by atoms with van der Waals surface area (Å²) in [6, 6.07) is 18.6. The Morgan fingerprint density at radius 3 is 2.38 bits per heavy atom. The molecule has 1 aliphatic rings. The molecule has 0 unspecified atom stereocenters. The lowest BCUT2D eigenvalue weighted by molar-refractivity contribution is -0.158. The van der Waals surface area contributed by atoms with Crippen molar-refractivity contribution in [2.45, 2.75) is 51.6 Å². The first-order valence-electron chi connectivity index (χ1n) is 15.3. The van der Waals surface area contributed by atoms with Gasteiger partial charge in [-0.1, -0.05) is 47.5 Å². The summed E-state index contributed by atoms with van der Waals surface area (Å²) in [7, 11) is 0. The molecular weight excluding hydrogens is 609 g/mol. The highest BCUT2D eigenvalue weighted by molar-refractivity contribution is 6.42. The Balaban J connectivity index is 1.28.